The van der Waals surface area contributed by atoms with Gasteiger partial charge in [-0.3, -0.25) is 9.59 Å². The zero-order valence-electron chi connectivity index (χ0n) is 12.1. The van der Waals surface area contributed by atoms with Crippen LogP contribution in [-0.4, -0.2) is 36.3 Å². The summed E-state index contributed by atoms with van der Waals surface area (Å²) >= 11 is 0. The molecule has 1 fully saturated rings. The van der Waals surface area contributed by atoms with Crippen LogP contribution in [0.4, 0.5) is 0 Å². The molecule has 0 aromatic heterocycles. The van der Waals surface area contributed by atoms with Crippen LogP contribution in [0.25, 0.3) is 0 Å². The third-order valence-electron chi connectivity index (χ3n) is 3.62. The third kappa shape index (κ3) is 5.02. The van der Waals surface area contributed by atoms with E-state index in [2.05, 4.69) is 5.32 Å². The quantitative estimate of drug-likeness (QED) is 0.878. The first kappa shape index (κ1) is 17.5. The smallest absolute Gasteiger partial charge is 0.222 e. The van der Waals surface area contributed by atoms with Crippen LogP contribution < -0.4 is 11.1 Å². The van der Waals surface area contributed by atoms with Crippen molar-refractivity contribution in [3.63, 3.8) is 0 Å². The van der Waals surface area contributed by atoms with Gasteiger partial charge in [0.2, 0.25) is 11.8 Å². The van der Waals surface area contributed by atoms with Gasteiger partial charge in [0.25, 0.3) is 0 Å². The van der Waals surface area contributed by atoms with E-state index in [0.29, 0.717) is 19.4 Å². The Kier molecular flexibility index (Phi) is 6.65. The summed E-state index contributed by atoms with van der Waals surface area (Å²) in [4.78, 5) is 25.0. The summed E-state index contributed by atoms with van der Waals surface area (Å²) in [5.74, 6) is 0.0746. The number of halogens is 1. The molecule has 2 atom stereocenters. The van der Waals surface area contributed by atoms with E-state index in [1.54, 1.807) is 11.9 Å². The Hall–Kier alpha value is -1.59. The maximum atomic E-state index is 12.0. The van der Waals surface area contributed by atoms with Crippen molar-refractivity contribution in [3.05, 3.63) is 35.9 Å². The van der Waals surface area contributed by atoms with E-state index in [-0.39, 0.29) is 42.7 Å². The van der Waals surface area contributed by atoms with E-state index < -0.39 is 0 Å². The number of piperidine rings is 1. The first-order valence-corrected chi connectivity index (χ1v) is 6.90. The summed E-state index contributed by atoms with van der Waals surface area (Å²) in [5.41, 5.74) is 6.98. The van der Waals surface area contributed by atoms with Crippen molar-refractivity contribution in [2.45, 2.75) is 31.3 Å². The van der Waals surface area contributed by atoms with E-state index >= 15 is 0 Å². The van der Waals surface area contributed by atoms with Crippen LogP contribution in [0.2, 0.25) is 0 Å². The van der Waals surface area contributed by atoms with Crippen LogP contribution in [0.15, 0.2) is 30.3 Å². The van der Waals surface area contributed by atoms with Crippen molar-refractivity contribution in [2.75, 3.05) is 13.6 Å². The number of hydrogen-bond donors (Lipinski definition) is 2. The number of nitrogens with two attached hydrogens (primary N) is 1. The fourth-order valence-corrected chi connectivity index (χ4v) is 2.43. The molecule has 1 heterocycles. The molecule has 1 aliphatic rings. The first-order valence-electron chi connectivity index (χ1n) is 6.90. The van der Waals surface area contributed by atoms with E-state index in [4.69, 9.17) is 5.73 Å². The van der Waals surface area contributed by atoms with Crippen LogP contribution >= 0.6 is 12.4 Å². The average Bonchev–Trinajstić information content (AvgIpc) is 2.44. The highest BCUT2D eigenvalue weighted by molar-refractivity contribution is 5.85. The number of likely N-dealkylation sites (N-methyl/N-ethyl adjacent to an activating group) is 1. The van der Waals surface area contributed by atoms with E-state index in [1.165, 1.54) is 0 Å². The molecule has 0 radical (unpaired) electrons. The molecule has 1 aliphatic heterocycles. The van der Waals surface area contributed by atoms with Crippen molar-refractivity contribution < 1.29 is 9.59 Å². The molecule has 1 aromatic rings. The normalized spacial score (nSPS) is 19.6. The zero-order valence-corrected chi connectivity index (χ0v) is 12.9. The molecule has 2 amide bonds. The zero-order chi connectivity index (χ0) is 14.5. The molecule has 21 heavy (non-hydrogen) atoms. The number of amides is 2. The molecule has 3 N–H and O–H groups in total. The van der Waals surface area contributed by atoms with E-state index in [9.17, 15) is 9.59 Å². The van der Waals surface area contributed by atoms with Gasteiger partial charge in [-0.1, -0.05) is 30.3 Å². The summed E-state index contributed by atoms with van der Waals surface area (Å²) in [5, 5.41) is 2.96. The Morgan fingerprint density at radius 1 is 1.43 bits per heavy atom. The summed E-state index contributed by atoms with van der Waals surface area (Å²) < 4.78 is 0. The van der Waals surface area contributed by atoms with Crippen molar-refractivity contribution in [1.82, 2.24) is 10.2 Å². The molecular formula is C15H22ClN3O2. The van der Waals surface area contributed by atoms with Crippen molar-refractivity contribution in [1.29, 1.82) is 0 Å². The predicted octanol–water partition coefficient (Wildman–Crippen LogP) is 1.24. The van der Waals surface area contributed by atoms with Crippen LogP contribution in [-0.2, 0) is 9.59 Å². The number of rotatable bonds is 4. The highest BCUT2D eigenvalue weighted by Crippen LogP contribution is 2.14. The topological polar surface area (TPSA) is 75.4 Å². The minimum absolute atomic E-state index is 0. The average molecular weight is 312 g/mol. The molecule has 1 saturated heterocycles. The Morgan fingerprint density at radius 2 is 2.10 bits per heavy atom. The highest BCUT2D eigenvalue weighted by atomic mass is 35.5. The van der Waals surface area contributed by atoms with Crippen LogP contribution in [0.3, 0.4) is 0 Å². The maximum absolute atomic E-state index is 12.0. The van der Waals surface area contributed by atoms with Gasteiger partial charge in [-0.2, -0.15) is 0 Å². The van der Waals surface area contributed by atoms with Gasteiger partial charge in [-0.25, -0.2) is 0 Å². The van der Waals surface area contributed by atoms with Crippen LogP contribution in [0, 0.1) is 0 Å². The molecule has 0 spiro atoms. The lowest BCUT2D eigenvalue weighted by molar-refractivity contribution is -0.134. The van der Waals surface area contributed by atoms with Gasteiger partial charge in [0.1, 0.15) is 0 Å². The van der Waals surface area contributed by atoms with Gasteiger partial charge in [0.05, 0.1) is 0 Å². The number of benzene rings is 1. The standard InChI is InChI=1S/C15H21N3O2.ClH/c1-18-10-12(7-8-15(18)20)17-14(19)9-13(16)11-5-3-2-4-6-11;/h2-6,12-13H,7-10,16H2,1H3,(H,17,19);1H. The summed E-state index contributed by atoms with van der Waals surface area (Å²) in [7, 11) is 1.76. The van der Waals surface area contributed by atoms with Gasteiger partial charge in [0, 0.05) is 38.5 Å². The number of carbonyl (C=O) groups excluding carboxylic acids is 2. The molecule has 2 rings (SSSR count). The lowest BCUT2D eigenvalue weighted by Gasteiger charge is -2.30. The Bertz CT molecular complexity index is 481. The predicted molar refractivity (Wildman–Crippen MR) is 84.0 cm³/mol. The fourth-order valence-electron chi connectivity index (χ4n) is 2.43. The number of carbonyl (C=O) groups is 2. The number of nitrogens with zero attached hydrogens (tertiary/aromatic N) is 1. The first-order chi connectivity index (χ1) is 9.56. The van der Waals surface area contributed by atoms with Crippen LogP contribution in [0.5, 0.6) is 0 Å². The highest BCUT2D eigenvalue weighted by Gasteiger charge is 2.24. The van der Waals surface area contributed by atoms with Gasteiger partial charge in [0.15, 0.2) is 0 Å². The van der Waals surface area contributed by atoms with Crippen LogP contribution in [0.1, 0.15) is 30.9 Å². The molecule has 0 bridgehead atoms. The van der Waals surface area contributed by atoms with Crippen molar-refractivity contribution in [3.8, 4) is 0 Å². The Balaban J connectivity index is 0.00000220. The van der Waals surface area contributed by atoms with Gasteiger partial charge < -0.3 is 16.0 Å². The lowest BCUT2D eigenvalue weighted by Crippen LogP contribution is -2.48. The van der Waals surface area contributed by atoms with E-state index in [0.717, 1.165) is 5.56 Å². The second-order valence-corrected chi connectivity index (χ2v) is 5.30. The van der Waals surface area contributed by atoms with E-state index in [1.807, 2.05) is 30.3 Å². The van der Waals surface area contributed by atoms with Gasteiger partial charge in [-0.05, 0) is 12.0 Å². The third-order valence-corrected chi connectivity index (χ3v) is 3.62. The number of likely N-dealkylation sites (tertiary alicyclic amines) is 1. The second-order valence-electron chi connectivity index (χ2n) is 5.30. The van der Waals surface area contributed by atoms with Gasteiger partial charge >= 0.3 is 0 Å². The van der Waals surface area contributed by atoms with Crippen molar-refractivity contribution in [2.24, 2.45) is 5.73 Å². The summed E-state index contributed by atoms with van der Waals surface area (Å²) in [6, 6.07) is 9.33. The Labute approximate surface area is 131 Å². The maximum Gasteiger partial charge on any atom is 0.222 e. The summed E-state index contributed by atoms with van der Waals surface area (Å²) in [6.07, 6.45) is 1.46. The fraction of sp³-hybridized carbons (Fsp3) is 0.467. The molecular weight excluding hydrogens is 290 g/mol. The lowest BCUT2D eigenvalue weighted by atomic mass is 10.0. The molecule has 5 nitrogen and oxygen atoms in total. The SMILES string of the molecule is CN1CC(NC(=O)CC(N)c2ccccc2)CCC1=O.Cl. The molecule has 1 aromatic carbocycles. The minimum Gasteiger partial charge on any atom is -0.352 e. The molecule has 0 saturated carbocycles. The second kappa shape index (κ2) is 8.00. The monoisotopic (exact) mass is 311 g/mol. The molecule has 2 unspecified atom stereocenters. The molecule has 116 valence electrons. The molecule has 6 heteroatoms. The number of nitrogens with one attached hydrogen (secondary N) is 1. The largest absolute Gasteiger partial charge is 0.352 e. The minimum atomic E-state index is -0.292. The van der Waals surface area contributed by atoms with Gasteiger partial charge in [-0.15, -0.1) is 12.4 Å². The summed E-state index contributed by atoms with van der Waals surface area (Å²) in [6.45, 7) is 0.575. The Morgan fingerprint density at radius 3 is 2.71 bits per heavy atom. The van der Waals surface area contributed by atoms with Crippen molar-refractivity contribution >= 4 is 24.2 Å². The molecule has 0 aliphatic carbocycles. The number of hydrogen-bond acceptors (Lipinski definition) is 3.